The second-order valence-electron chi connectivity index (χ2n) is 6.19. The van der Waals surface area contributed by atoms with Gasteiger partial charge in [-0.1, -0.05) is 29.4 Å². The maximum atomic E-state index is 12.6. The molecule has 0 saturated heterocycles. The van der Waals surface area contributed by atoms with E-state index >= 15 is 0 Å². The molecule has 10 heteroatoms. The van der Waals surface area contributed by atoms with Crippen molar-refractivity contribution in [3.05, 3.63) is 59.9 Å². The Labute approximate surface area is 164 Å². The van der Waals surface area contributed by atoms with Gasteiger partial charge in [0, 0.05) is 19.2 Å². The van der Waals surface area contributed by atoms with E-state index in [1.165, 1.54) is 13.4 Å². The van der Waals surface area contributed by atoms with Crippen LogP contribution in [0, 0.1) is 0 Å². The first-order valence-electron chi connectivity index (χ1n) is 8.66. The molecule has 0 atom stereocenters. The fourth-order valence-corrected chi connectivity index (χ4v) is 2.61. The van der Waals surface area contributed by atoms with Gasteiger partial charge in [-0.15, -0.1) is 0 Å². The largest absolute Gasteiger partial charge is 0.471 e. The topological polar surface area (TPSA) is 81.6 Å². The van der Waals surface area contributed by atoms with Crippen molar-refractivity contribution in [2.24, 2.45) is 0 Å². The fraction of sp³-hybridized carbons (Fsp3) is 0.316. The van der Waals surface area contributed by atoms with Crippen molar-refractivity contribution in [1.82, 2.24) is 15.0 Å². The zero-order chi connectivity index (χ0) is 20.9. The van der Waals surface area contributed by atoms with Gasteiger partial charge >= 0.3 is 12.1 Å². The molecule has 0 bridgehead atoms. The molecular formula is C19H18F3N3O4. The zero-order valence-electron chi connectivity index (χ0n) is 15.5. The smallest absolute Gasteiger partial charge is 0.467 e. The number of methoxy groups -OCH3 is 1. The van der Waals surface area contributed by atoms with Crippen molar-refractivity contribution in [3.8, 4) is 11.4 Å². The number of alkyl halides is 3. The quantitative estimate of drug-likeness (QED) is 0.561. The van der Waals surface area contributed by atoms with E-state index in [0.29, 0.717) is 24.5 Å². The summed E-state index contributed by atoms with van der Waals surface area (Å²) in [6.07, 6.45) is -2.94. The lowest BCUT2D eigenvalue weighted by Crippen LogP contribution is -2.30. The number of hydrogen-bond acceptors (Lipinski definition) is 6. The molecule has 2 aromatic heterocycles. The van der Waals surface area contributed by atoms with Crippen molar-refractivity contribution in [2.45, 2.75) is 25.7 Å². The third kappa shape index (κ3) is 5.44. The number of carbonyl (C=O) groups excluding carboxylic acids is 1. The highest BCUT2D eigenvalue weighted by Crippen LogP contribution is 2.29. The molecule has 0 aliphatic heterocycles. The van der Waals surface area contributed by atoms with Crippen LogP contribution in [0.25, 0.3) is 11.4 Å². The highest BCUT2D eigenvalue weighted by molar-refractivity contribution is 5.76. The van der Waals surface area contributed by atoms with Crippen LogP contribution in [0.5, 0.6) is 0 Å². The normalized spacial score (nSPS) is 11.6. The second kappa shape index (κ2) is 8.91. The van der Waals surface area contributed by atoms with E-state index in [2.05, 4.69) is 14.7 Å². The monoisotopic (exact) mass is 409 g/mol. The van der Waals surface area contributed by atoms with Crippen LogP contribution in [0.1, 0.15) is 23.6 Å². The van der Waals surface area contributed by atoms with Crippen LogP contribution in [0.2, 0.25) is 0 Å². The maximum Gasteiger partial charge on any atom is 0.471 e. The fourth-order valence-electron chi connectivity index (χ4n) is 2.61. The summed E-state index contributed by atoms with van der Waals surface area (Å²) in [5.74, 6) is -1.03. The molecule has 0 saturated carbocycles. The molecule has 3 rings (SSSR count). The minimum absolute atomic E-state index is 0.111. The minimum Gasteiger partial charge on any atom is -0.467 e. The highest BCUT2D eigenvalue weighted by atomic mass is 19.4. The van der Waals surface area contributed by atoms with Crippen molar-refractivity contribution in [2.75, 3.05) is 13.7 Å². The highest BCUT2D eigenvalue weighted by Gasteiger charge is 2.38. The van der Waals surface area contributed by atoms with Gasteiger partial charge in [0.2, 0.25) is 11.7 Å². The Morgan fingerprint density at radius 1 is 1.17 bits per heavy atom. The Kier molecular flexibility index (Phi) is 6.32. The van der Waals surface area contributed by atoms with Gasteiger partial charge in [0.1, 0.15) is 5.76 Å². The van der Waals surface area contributed by atoms with Crippen molar-refractivity contribution >= 4 is 5.91 Å². The van der Waals surface area contributed by atoms with Gasteiger partial charge < -0.3 is 18.6 Å². The second-order valence-corrected chi connectivity index (χ2v) is 6.19. The van der Waals surface area contributed by atoms with Crippen LogP contribution in [0.3, 0.4) is 0 Å². The lowest BCUT2D eigenvalue weighted by atomic mass is 10.1. The number of hydrogen-bond donors (Lipinski definition) is 0. The molecule has 0 aliphatic carbocycles. The molecule has 0 spiro atoms. The number of carbonyl (C=O) groups is 1. The van der Waals surface area contributed by atoms with E-state index in [1.54, 1.807) is 41.3 Å². The van der Waals surface area contributed by atoms with Gasteiger partial charge in [0.15, 0.2) is 0 Å². The van der Waals surface area contributed by atoms with Gasteiger partial charge in [-0.3, -0.25) is 4.79 Å². The summed E-state index contributed by atoms with van der Waals surface area (Å²) in [5.41, 5.74) is 1.15. The zero-order valence-corrected chi connectivity index (χ0v) is 15.5. The van der Waals surface area contributed by atoms with E-state index in [1.807, 2.05) is 0 Å². The molecular weight excluding hydrogens is 391 g/mol. The summed E-state index contributed by atoms with van der Waals surface area (Å²) in [7, 11) is 1.52. The SMILES string of the molecule is COCCC(=O)N(Cc1ccc(-c2noc(C(F)(F)F)n2)cc1)Cc1ccco1. The first kappa shape index (κ1) is 20.6. The number of aromatic nitrogens is 2. The van der Waals surface area contributed by atoms with Crippen LogP contribution < -0.4 is 0 Å². The first-order chi connectivity index (χ1) is 13.9. The number of furan rings is 1. The Morgan fingerprint density at radius 2 is 1.93 bits per heavy atom. The number of amides is 1. The van der Waals surface area contributed by atoms with Gasteiger partial charge in [-0.25, -0.2) is 0 Å². The molecule has 0 N–H and O–H groups in total. The Hall–Kier alpha value is -3.14. The molecule has 2 heterocycles. The van der Waals surface area contributed by atoms with Crippen LogP contribution in [-0.4, -0.2) is 34.7 Å². The summed E-state index contributed by atoms with van der Waals surface area (Å²) < 4.78 is 52.3. The van der Waals surface area contributed by atoms with E-state index in [-0.39, 0.29) is 24.7 Å². The Balaban J connectivity index is 1.72. The van der Waals surface area contributed by atoms with Gasteiger partial charge in [-0.2, -0.15) is 18.2 Å². The molecule has 154 valence electrons. The lowest BCUT2D eigenvalue weighted by molar-refractivity contribution is -0.159. The standard InChI is InChI=1S/C19H18F3N3O4/c1-27-10-8-16(26)25(12-15-3-2-9-28-15)11-13-4-6-14(7-5-13)17-23-18(29-24-17)19(20,21)22/h2-7,9H,8,10-12H2,1H3. The molecule has 7 nitrogen and oxygen atoms in total. The van der Waals surface area contributed by atoms with Gasteiger partial charge in [0.25, 0.3) is 0 Å². The predicted molar refractivity (Wildman–Crippen MR) is 94.2 cm³/mol. The minimum atomic E-state index is -4.69. The molecule has 1 amide bonds. The Morgan fingerprint density at radius 3 is 2.52 bits per heavy atom. The van der Waals surface area contributed by atoms with Crippen molar-refractivity contribution in [1.29, 1.82) is 0 Å². The average molecular weight is 409 g/mol. The average Bonchev–Trinajstić information content (AvgIpc) is 3.38. The number of ether oxygens (including phenoxy) is 1. The number of rotatable bonds is 8. The van der Waals surface area contributed by atoms with Crippen LogP contribution in [0.4, 0.5) is 13.2 Å². The molecule has 0 aliphatic rings. The van der Waals surface area contributed by atoms with Crippen LogP contribution >= 0.6 is 0 Å². The summed E-state index contributed by atoms with van der Waals surface area (Å²) in [6.45, 7) is 0.881. The molecule has 0 radical (unpaired) electrons. The summed E-state index contributed by atoms with van der Waals surface area (Å²) in [6, 6.07) is 10.0. The molecule has 1 aromatic carbocycles. The lowest BCUT2D eigenvalue weighted by Gasteiger charge is -2.22. The summed E-state index contributed by atoms with van der Waals surface area (Å²) in [4.78, 5) is 17.5. The first-order valence-corrected chi connectivity index (χ1v) is 8.66. The van der Waals surface area contributed by atoms with Crippen LogP contribution in [0.15, 0.2) is 51.6 Å². The molecule has 0 fully saturated rings. The van der Waals surface area contributed by atoms with Crippen molar-refractivity contribution < 1.29 is 31.6 Å². The number of halogens is 3. The summed E-state index contributed by atoms with van der Waals surface area (Å²) >= 11 is 0. The van der Waals surface area contributed by atoms with E-state index in [9.17, 15) is 18.0 Å². The van der Waals surface area contributed by atoms with Crippen LogP contribution in [-0.2, 0) is 28.8 Å². The number of nitrogens with zero attached hydrogens (tertiary/aromatic N) is 3. The van der Waals surface area contributed by atoms with E-state index < -0.39 is 12.1 Å². The summed E-state index contributed by atoms with van der Waals surface area (Å²) in [5, 5.41) is 3.36. The van der Waals surface area contributed by atoms with E-state index in [4.69, 9.17) is 9.15 Å². The Bertz CT molecular complexity index is 921. The predicted octanol–water partition coefficient (Wildman–Crippen LogP) is 3.91. The third-order valence-electron chi connectivity index (χ3n) is 4.05. The number of benzene rings is 1. The van der Waals surface area contributed by atoms with E-state index in [0.717, 1.165) is 5.56 Å². The van der Waals surface area contributed by atoms with Crippen molar-refractivity contribution in [3.63, 3.8) is 0 Å². The van der Waals surface area contributed by atoms with Gasteiger partial charge in [0.05, 0.1) is 25.8 Å². The maximum absolute atomic E-state index is 12.6. The molecule has 0 unspecified atom stereocenters. The van der Waals surface area contributed by atoms with Gasteiger partial charge in [-0.05, 0) is 17.7 Å². The third-order valence-corrected chi connectivity index (χ3v) is 4.05. The molecule has 3 aromatic rings. The molecule has 29 heavy (non-hydrogen) atoms.